The van der Waals surface area contributed by atoms with Crippen LogP contribution in [0.4, 0.5) is 10.5 Å². The van der Waals surface area contributed by atoms with Gasteiger partial charge in [-0.25, -0.2) is 4.79 Å². The predicted octanol–water partition coefficient (Wildman–Crippen LogP) is 3.21. The van der Waals surface area contributed by atoms with Gasteiger partial charge in [0.05, 0.1) is 6.61 Å². The Morgan fingerprint density at radius 2 is 1.72 bits per heavy atom. The van der Waals surface area contributed by atoms with E-state index in [9.17, 15) is 9.59 Å². The zero-order valence-corrected chi connectivity index (χ0v) is 11.1. The third-order valence-electron chi connectivity index (χ3n) is 1.64. The second kappa shape index (κ2) is 9.04. The number of amides is 1. The quantitative estimate of drug-likeness (QED) is 0.663. The van der Waals surface area contributed by atoms with E-state index in [1.807, 2.05) is 13.8 Å². The molecule has 0 unspecified atom stereocenters. The van der Waals surface area contributed by atoms with E-state index in [1.165, 1.54) is 6.92 Å². The van der Waals surface area contributed by atoms with Crippen LogP contribution in [0.25, 0.3) is 0 Å². The summed E-state index contributed by atoms with van der Waals surface area (Å²) in [6, 6.07) is 6.41. The van der Waals surface area contributed by atoms with Crippen LogP contribution in [0.15, 0.2) is 24.3 Å². The number of ether oxygens (including phenoxy) is 2. The van der Waals surface area contributed by atoms with Crippen molar-refractivity contribution in [2.75, 3.05) is 11.9 Å². The summed E-state index contributed by atoms with van der Waals surface area (Å²) in [7, 11) is 0. The fourth-order valence-electron chi connectivity index (χ4n) is 1.05. The van der Waals surface area contributed by atoms with Gasteiger partial charge in [-0.1, -0.05) is 13.8 Å². The van der Waals surface area contributed by atoms with Crippen LogP contribution in [0.2, 0.25) is 0 Å². The molecule has 0 aromatic heterocycles. The molecule has 18 heavy (non-hydrogen) atoms. The molecule has 1 rings (SSSR count). The number of anilines is 1. The van der Waals surface area contributed by atoms with Gasteiger partial charge in [0.25, 0.3) is 0 Å². The summed E-state index contributed by atoms with van der Waals surface area (Å²) in [6.45, 7) is 7.38. The molecule has 0 heterocycles. The fourth-order valence-corrected chi connectivity index (χ4v) is 1.05. The lowest BCUT2D eigenvalue weighted by molar-refractivity contribution is -0.114. The third-order valence-corrected chi connectivity index (χ3v) is 1.64. The monoisotopic (exact) mass is 253 g/mol. The highest BCUT2D eigenvalue weighted by atomic mass is 16.7. The van der Waals surface area contributed by atoms with Crippen LogP contribution in [0.5, 0.6) is 5.75 Å². The molecule has 0 fully saturated rings. The van der Waals surface area contributed by atoms with Crippen molar-refractivity contribution >= 4 is 17.7 Å². The van der Waals surface area contributed by atoms with Crippen molar-refractivity contribution in [3.05, 3.63) is 24.3 Å². The molecule has 0 spiro atoms. The van der Waals surface area contributed by atoms with Crippen molar-refractivity contribution in [2.45, 2.75) is 27.7 Å². The van der Waals surface area contributed by atoms with Crippen LogP contribution >= 0.6 is 0 Å². The predicted molar refractivity (Wildman–Crippen MR) is 69.7 cm³/mol. The van der Waals surface area contributed by atoms with Crippen LogP contribution in [-0.2, 0) is 9.53 Å². The summed E-state index contributed by atoms with van der Waals surface area (Å²) >= 11 is 0. The molecule has 1 aromatic rings. The minimum absolute atomic E-state index is 0.154. The molecule has 0 atom stereocenters. The zero-order valence-electron chi connectivity index (χ0n) is 11.1. The van der Waals surface area contributed by atoms with E-state index in [0.717, 1.165) is 0 Å². The largest absolute Gasteiger partial charge is 0.513 e. The standard InChI is InChI=1S/C11H13NO4.C2H6/c1-3-15-11(14)16-10-6-4-9(5-7-10)12-8(2)13;1-2/h4-7H,3H2,1-2H3,(H,12,13);1-2H3. The molecule has 0 radical (unpaired) electrons. The highest BCUT2D eigenvalue weighted by Gasteiger charge is 2.04. The fraction of sp³-hybridized carbons (Fsp3) is 0.385. The summed E-state index contributed by atoms with van der Waals surface area (Å²) in [5.41, 5.74) is 0.642. The van der Waals surface area contributed by atoms with E-state index in [2.05, 4.69) is 10.1 Å². The van der Waals surface area contributed by atoms with Gasteiger partial charge in [-0.05, 0) is 31.2 Å². The average molecular weight is 253 g/mol. The Labute approximate surface area is 107 Å². The average Bonchev–Trinajstić information content (AvgIpc) is 2.34. The van der Waals surface area contributed by atoms with Crippen LogP contribution in [0.1, 0.15) is 27.7 Å². The Kier molecular flexibility index (Phi) is 8.01. The summed E-state index contributed by atoms with van der Waals surface area (Å²) in [5, 5.41) is 2.60. The van der Waals surface area contributed by atoms with E-state index in [-0.39, 0.29) is 12.5 Å². The van der Waals surface area contributed by atoms with Gasteiger partial charge in [0, 0.05) is 12.6 Å². The van der Waals surface area contributed by atoms with Crippen LogP contribution in [-0.4, -0.2) is 18.7 Å². The maximum Gasteiger partial charge on any atom is 0.513 e. The number of nitrogens with one attached hydrogen (secondary N) is 1. The van der Waals surface area contributed by atoms with Gasteiger partial charge < -0.3 is 14.8 Å². The van der Waals surface area contributed by atoms with Crippen LogP contribution < -0.4 is 10.1 Å². The van der Waals surface area contributed by atoms with Gasteiger partial charge in [0.1, 0.15) is 5.75 Å². The molecule has 0 aliphatic carbocycles. The summed E-state index contributed by atoms with van der Waals surface area (Å²) in [4.78, 5) is 21.7. The molecule has 5 nitrogen and oxygen atoms in total. The molecule has 1 N–H and O–H groups in total. The zero-order chi connectivity index (χ0) is 14.0. The van der Waals surface area contributed by atoms with E-state index in [0.29, 0.717) is 11.4 Å². The number of benzene rings is 1. The van der Waals surface area contributed by atoms with E-state index < -0.39 is 6.16 Å². The molecule has 0 saturated heterocycles. The molecule has 0 bridgehead atoms. The number of carbonyl (C=O) groups is 2. The second-order valence-corrected chi connectivity index (χ2v) is 2.99. The maximum atomic E-state index is 11.0. The van der Waals surface area contributed by atoms with Crippen molar-refractivity contribution in [2.24, 2.45) is 0 Å². The molecule has 0 aliphatic heterocycles. The maximum absolute atomic E-state index is 11.0. The summed E-state index contributed by atoms with van der Waals surface area (Å²) in [5.74, 6) is 0.214. The molecular weight excluding hydrogens is 234 g/mol. The number of carbonyl (C=O) groups excluding carboxylic acids is 2. The van der Waals surface area contributed by atoms with E-state index in [1.54, 1.807) is 31.2 Å². The molecule has 0 saturated carbocycles. The van der Waals surface area contributed by atoms with Gasteiger partial charge in [-0.3, -0.25) is 4.79 Å². The number of hydrogen-bond acceptors (Lipinski definition) is 4. The normalized spacial score (nSPS) is 8.67. The lowest BCUT2D eigenvalue weighted by Gasteiger charge is -2.05. The summed E-state index contributed by atoms with van der Waals surface area (Å²) < 4.78 is 9.45. The SMILES string of the molecule is CC.CCOC(=O)Oc1ccc(NC(C)=O)cc1. The van der Waals surface area contributed by atoms with Gasteiger partial charge in [-0.15, -0.1) is 0 Å². The van der Waals surface area contributed by atoms with Crippen molar-refractivity contribution in [3.63, 3.8) is 0 Å². The van der Waals surface area contributed by atoms with Gasteiger partial charge >= 0.3 is 6.16 Å². The first-order valence-electron chi connectivity index (χ1n) is 5.84. The van der Waals surface area contributed by atoms with Crippen LogP contribution in [0.3, 0.4) is 0 Å². The molecular formula is C13H19NO4. The molecule has 0 aliphatic rings. The van der Waals surface area contributed by atoms with Crippen molar-refractivity contribution < 1.29 is 19.1 Å². The third kappa shape index (κ3) is 6.52. The highest BCUT2D eigenvalue weighted by molar-refractivity contribution is 5.88. The smallest absolute Gasteiger partial charge is 0.434 e. The van der Waals surface area contributed by atoms with Crippen molar-refractivity contribution in [1.29, 1.82) is 0 Å². The van der Waals surface area contributed by atoms with E-state index >= 15 is 0 Å². The van der Waals surface area contributed by atoms with Crippen molar-refractivity contribution in [1.82, 2.24) is 0 Å². The van der Waals surface area contributed by atoms with Gasteiger partial charge in [-0.2, -0.15) is 0 Å². The second-order valence-electron chi connectivity index (χ2n) is 2.99. The Bertz CT molecular complexity index is 373. The Morgan fingerprint density at radius 3 is 2.17 bits per heavy atom. The topological polar surface area (TPSA) is 64.6 Å². The Hall–Kier alpha value is -2.04. The lowest BCUT2D eigenvalue weighted by Crippen LogP contribution is -2.10. The van der Waals surface area contributed by atoms with Gasteiger partial charge in [0.2, 0.25) is 5.91 Å². The Balaban J connectivity index is 0.00000137. The number of hydrogen-bond donors (Lipinski definition) is 1. The highest BCUT2D eigenvalue weighted by Crippen LogP contribution is 2.15. The molecule has 5 heteroatoms. The first kappa shape index (κ1) is 16.0. The van der Waals surface area contributed by atoms with E-state index in [4.69, 9.17) is 4.74 Å². The first-order valence-corrected chi connectivity index (χ1v) is 5.84. The minimum Gasteiger partial charge on any atom is -0.434 e. The molecule has 1 amide bonds. The van der Waals surface area contributed by atoms with Crippen LogP contribution in [0, 0.1) is 0 Å². The number of rotatable bonds is 3. The van der Waals surface area contributed by atoms with Gasteiger partial charge in [0.15, 0.2) is 0 Å². The molecule has 1 aromatic carbocycles. The first-order chi connectivity index (χ1) is 8.61. The molecule has 100 valence electrons. The lowest BCUT2D eigenvalue weighted by atomic mass is 10.3. The van der Waals surface area contributed by atoms with Crippen molar-refractivity contribution in [3.8, 4) is 5.75 Å². The summed E-state index contributed by atoms with van der Waals surface area (Å²) in [6.07, 6.45) is -0.741. The Morgan fingerprint density at radius 1 is 1.17 bits per heavy atom. The minimum atomic E-state index is -0.741.